The van der Waals surface area contributed by atoms with Gasteiger partial charge in [0.25, 0.3) is 5.91 Å². The minimum Gasteiger partial charge on any atom is -0.350 e. The minimum absolute atomic E-state index is 0.164. The number of aryl methyl sites for hydroxylation is 2. The van der Waals surface area contributed by atoms with Gasteiger partial charge < -0.3 is 15.5 Å². The van der Waals surface area contributed by atoms with E-state index in [1.54, 1.807) is 10.3 Å². The van der Waals surface area contributed by atoms with Crippen molar-refractivity contribution in [1.82, 2.24) is 15.2 Å². The van der Waals surface area contributed by atoms with Crippen molar-refractivity contribution in [3.05, 3.63) is 45.4 Å². The topological polar surface area (TPSA) is 74.3 Å². The Kier molecular flexibility index (Phi) is 8.20. The zero-order valence-electron chi connectivity index (χ0n) is 18.2. The lowest BCUT2D eigenvalue weighted by Crippen LogP contribution is -2.37. The largest absolute Gasteiger partial charge is 0.350 e. The van der Waals surface area contributed by atoms with E-state index in [0.29, 0.717) is 37.2 Å². The van der Waals surface area contributed by atoms with E-state index in [9.17, 15) is 9.59 Å². The lowest BCUT2D eigenvalue weighted by atomic mass is 10.1. The Hall–Kier alpha value is -2.41. The Balaban J connectivity index is 2.07. The van der Waals surface area contributed by atoms with Crippen LogP contribution >= 0.6 is 11.3 Å². The van der Waals surface area contributed by atoms with E-state index >= 15 is 0 Å². The summed E-state index contributed by atoms with van der Waals surface area (Å²) >= 11 is 1.40. The molecule has 2 aromatic rings. The van der Waals surface area contributed by atoms with E-state index < -0.39 is 0 Å². The molecule has 0 spiro atoms. The van der Waals surface area contributed by atoms with Crippen molar-refractivity contribution in [3.63, 3.8) is 0 Å². The highest BCUT2D eigenvalue weighted by Gasteiger charge is 2.19. The van der Waals surface area contributed by atoms with Crippen molar-refractivity contribution in [2.24, 2.45) is 11.8 Å². The Labute approximate surface area is 177 Å². The summed E-state index contributed by atoms with van der Waals surface area (Å²) in [5, 5.41) is 8.35. The third-order valence-electron chi connectivity index (χ3n) is 4.41. The molecule has 0 atom stereocenters. The van der Waals surface area contributed by atoms with Crippen LogP contribution in [0.5, 0.6) is 0 Å². The van der Waals surface area contributed by atoms with Gasteiger partial charge in [0.15, 0.2) is 0 Å². The molecule has 0 unspecified atom stereocenters. The fourth-order valence-corrected chi connectivity index (χ4v) is 3.51. The van der Waals surface area contributed by atoms with Crippen LogP contribution in [-0.2, 0) is 6.54 Å². The van der Waals surface area contributed by atoms with Gasteiger partial charge in [0.2, 0.25) is 0 Å². The van der Waals surface area contributed by atoms with Gasteiger partial charge in [-0.15, -0.1) is 11.3 Å². The normalized spacial score (nSPS) is 11.0. The summed E-state index contributed by atoms with van der Waals surface area (Å²) in [5.41, 5.74) is 3.51. The van der Waals surface area contributed by atoms with Crippen LogP contribution in [0.25, 0.3) is 0 Å². The van der Waals surface area contributed by atoms with E-state index in [-0.39, 0.29) is 11.9 Å². The number of carbonyl (C=O) groups is 2. The molecule has 7 heteroatoms. The van der Waals surface area contributed by atoms with Gasteiger partial charge in [0.1, 0.15) is 10.7 Å². The molecule has 0 saturated carbocycles. The molecular formula is C22H32N4O2S. The number of thiazole rings is 1. The van der Waals surface area contributed by atoms with Gasteiger partial charge in [-0.3, -0.25) is 4.79 Å². The molecule has 2 rings (SSSR count). The van der Waals surface area contributed by atoms with Gasteiger partial charge in [0, 0.05) is 24.2 Å². The van der Waals surface area contributed by atoms with E-state index in [2.05, 4.69) is 29.5 Å². The highest BCUT2D eigenvalue weighted by atomic mass is 32.1. The molecule has 0 radical (unpaired) electrons. The van der Waals surface area contributed by atoms with Crippen molar-refractivity contribution in [2.45, 2.75) is 48.1 Å². The smallest absolute Gasteiger partial charge is 0.322 e. The first-order chi connectivity index (χ1) is 13.7. The summed E-state index contributed by atoms with van der Waals surface area (Å²) in [4.78, 5) is 31.3. The average Bonchev–Trinajstić information content (AvgIpc) is 3.10. The number of anilines is 1. The molecule has 2 N–H and O–H groups in total. The molecule has 1 heterocycles. The molecular weight excluding hydrogens is 384 g/mol. The summed E-state index contributed by atoms with van der Waals surface area (Å²) in [6.07, 6.45) is 0. The van der Waals surface area contributed by atoms with Gasteiger partial charge in [-0.2, -0.15) is 0 Å². The first kappa shape index (κ1) is 22.9. The molecule has 1 aromatic carbocycles. The molecule has 29 heavy (non-hydrogen) atoms. The molecule has 0 aliphatic heterocycles. The minimum atomic E-state index is -0.170. The molecule has 1 aromatic heterocycles. The molecule has 0 aliphatic carbocycles. The van der Waals surface area contributed by atoms with Crippen molar-refractivity contribution in [1.29, 1.82) is 0 Å². The number of benzene rings is 1. The first-order valence-electron chi connectivity index (χ1n) is 10.0. The third-order valence-corrected chi connectivity index (χ3v) is 5.25. The van der Waals surface area contributed by atoms with Gasteiger partial charge >= 0.3 is 6.03 Å². The molecule has 0 bridgehead atoms. The standard InChI is InChI=1S/C22H32N4O2S/c1-14(2)10-23-21(27)19-13-29-20(25-19)12-26(11-15(3)4)22(28)24-18-8-7-16(5)17(6)9-18/h7-9,13-15H,10-12H2,1-6H3,(H,23,27)(H,24,28). The highest BCUT2D eigenvalue weighted by molar-refractivity contribution is 7.09. The zero-order chi connectivity index (χ0) is 21.6. The number of carbonyl (C=O) groups excluding carboxylic acids is 2. The quantitative estimate of drug-likeness (QED) is 0.647. The summed E-state index contributed by atoms with van der Waals surface area (Å²) in [7, 11) is 0. The zero-order valence-corrected chi connectivity index (χ0v) is 19.0. The molecule has 6 nitrogen and oxygen atoms in total. The van der Waals surface area contributed by atoms with Crippen LogP contribution in [0.4, 0.5) is 10.5 Å². The van der Waals surface area contributed by atoms with Crippen LogP contribution in [0.2, 0.25) is 0 Å². The molecule has 0 fully saturated rings. The Morgan fingerprint density at radius 1 is 1.10 bits per heavy atom. The number of nitrogens with zero attached hydrogens (tertiary/aromatic N) is 2. The number of rotatable bonds is 8. The first-order valence-corrected chi connectivity index (χ1v) is 10.9. The van der Waals surface area contributed by atoms with Crippen LogP contribution in [0, 0.1) is 25.7 Å². The van der Waals surface area contributed by atoms with E-state index in [0.717, 1.165) is 16.3 Å². The number of hydrogen-bond donors (Lipinski definition) is 2. The second kappa shape index (κ2) is 10.4. The van der Waals surface area contributed by atoms with Crippen LogP contribution < -0.4 is 10.6 Å². The number of nitrogens with one attached hydrogen (secondary N) is 2. The Morgan fingerprint density at radius 3 is 2.45 bits per heavy atom. The monoisotopic (exact) mass is 416 g/mol. The maximum atomic E-state index is 12.9. The average molecular weight is 417 g/mol. The van der Waals surface area contributed by atoms with E-state index in [1.807, 2.05) is 45.9 Å². The van der Waals surface area contributed by atoms with Crippen LogP contribution in [0.1, 0.15) is 54.3 Å². The van der Waals surface area contributed by atoms with Crippen molar-refractivity contribution >= 4 is 29.0 Å². The molecule has 0 saturated heterocycles. The Bertz CT molecular complexity index is 845. The van der Waals surface area contributed by atoms with Crippen LogP contribution in [0.3, 0.4) is 0 Å². The summed E-state index contributed by atoms with van der Waals surface area (Å²) < 4.78 is 0. The number of aromatic nitrogens is 1. The molecule has 3 amide bonds. The van der Waals surface area contributed by atoms with Gasteiger partial charge in [0.05, 0.1) is 6.54 Å². The fourth-order valence-electron chi connectivity index (χ4n) is 2.72. The van der Waals surface area contributed by atoms with E-state index in [4.69, 9.17) is 0 Å². The van der Waals surface area contributed by atoms with Crippen molar-refractivity contribution in [2.75, 3.05) is 18.4 Å². The summed E-state index contributed by atoms with van der Waals surface area (Å²) in [6.45, 7) is 13.9. The maximum absolute atomic E-state index is 12.9. The van der Waals surface area contributed by atoms with Crippen molar-refractivity contribution in [3.8, 4) is 0 Å². The van der Waals surface area contributed by atoms with E-state index in [1.165, 1.54) is 16.9 Å². The number of hydrogen-bond acceptors (Lipinski definition) is 4. The predicted octanol–water partition coefficient (Wildman–Crippen LogP) is 4.84. The molecule has 158 valence electrons. The van der Waals surface area contributed by atoms with Gasteiger partial charge in [-0.05, 0) is 48.9 Å². The lowest BCUT2D eigenvalue weighted by molar-refractivity contribution is 0.0944. The maximum Gasteiger partial charge on any atom is 0.322 e. The number of amides is 3. The second-order valence-corrected chi connectivity index (χ2v) is 9.18. The van der Waals surface area contributed by atoms with Crippen LogP contribution in [0.15, 0.2) is 23.6 Å². The predicted molar refractivity (Wildman–Crippen MR) is 119 cm³/mol. The van der Waals surface area contributed by atoms with Gasteiger partial charge in [-0.1, -0.05) is 33.8 Å². The van der Waals surface area contributed by atoms with Gasteiger partial charge in [-0.25, -0.2) is 9.78 Å². The lowest BCUT2D eigenvalue weighted by Gasteiger charge is -2.24. The molecule has 0 aliphatic rings. The van der Waals surface area contributed by atoms with Crippen molar-refractivity contribution < 1.29 is 9.59 Å². The Morgan fingerprint density at radius 2 is 1.83 bits per heavy atom. The SMILES string of the molecule is Cc1ccc(NC(=O)N(Cc2nc(C(=O)NCC(C)C)cs2)CC(C)C)cc1C. The summed E-state index contributed by atoms with van der Waals surface area (Å²) in [5.74, 6) is 0.526. The highest BCUT2D eigenvalue weighted by Crippen LogP contribution is 2.18. The summed E-state index contributed by atoms with van der Waals surface area (Å²) in [6, 6.07) is 5.72. The third kappa shape index (κ3) is 7.16. The second-order valence-electron chi connectivity index (χ2n) is 8.23. The van der Waals surface area contributed by atoms with Crippen LogP contribution in [-0.4, -0.2) is 34.9 Å². The number of urea groups is 1. The fraction of sp³-hybridized carbons (Fsp3) is 0.500.